The molecule has 0 aromatic carbocycles. The third-order valence-corrected chi connectivity index (χ3v) is 4.37. The third kappa shape index (κ3) is 2.36. The quantitative estimate of drug-likeness (QED) is 0.761. The highest BCUT2D eigenvalue weighted by Gasteiger charge is 2.44. The van der Waals surface area contributed by atoms with Crippen LogP contribution in [-0.2, 0) is 0 Å². The Balaban J connectivity index is 1.62. The van der Waals surface area contributed by atoms with Gasteiger partial charge in [0.2, 0.25) is 0 Å². The molecule has 1 aliphatic heterocycles. The van der Waals surface area contributed by atoms with E-state index in [9.17, 15) is 0 Å². The molecule has 1 atom stereocenters. The molecule has 1 N–H and O–H groups in total. The van der Waals surface area contributed by atoms with E-state index in [0.29, 0.717) is 0 Å². The second-order valence-corrected chi connectivity index (χ2v) is 5.85. The second kappa shape index (κ2) is 4.06. The molecule has 0 bridgehead atoms. The van der Waals surface area contributed by atoms with Crippen molar-refractivity contribution in [1.82, 2.24) is 10.2 Å². The van der Waals surface area contributed by atoms with Gasteiger partial charge in [0.15, 0.2) is 0 Å². The molecule has 2 aliphatic carbocycles. The second-order valence-electron chi connectivity index (χ2n) is 5.85. The molecule has 3 fully saturated rings. The van der Waals surface area contributed by atoms with Crippen LogP contribution < -0.4 is 5.32 Å². The zero-order valence-electron chi connectivity index (χ0n) is 9.91. The monoisotopic (exact) mass is 208 g/mol. The van der Waals surface area contributed by atoms with Crippen molar-refractivity contribution in [2.45, 2.75) is 51.1 Å². The number of rotatable bonds is 3. The van der Waals surface area contributed by atoms with Crippen LogP contribution in [0.3, 0.4) is 0 Å². The number of hydrogen-bond acceptors (Lipinski definition) is 2. The van der Waals surface area contributed by atoms with Crippen molar-refractivity contribution in [3.05, 3.63) is 0 Å². The summed E-state index contributed by atoms with van der Waals surface area (Å²) < 4.78 is 0. The molecule has 3 rings (SSSR count). The van der Waals surface area contributed by atoms with Crippen molar-refractivity contribution in [1.29, 1.82) is 0 Å². The summed E-state index contributed by atoms with van der Waals surface area (Å²) in [6.45, 7) is 6.16. The molecule has 1 heterocycles. The lowest BCUT2D eigenvalue weighted by atomic mass is 10.0. The van der Waals surface area contributed by atoms with Gasteiger partial charge < -0.3 is 5.32 Å². The maximum Gasteiger partial charge on any atom is 0.0152 e. The van der Waals surface area contributed by atoms with E-state index in [4.69, 9.17) is 0 Å². The summed E-state index contributed by atoms with van der Waals surface area (Å²) in [7, 11) is 0. The van der Waals surface area contributed by atoms with Gasteiger partial charge in [-0.3, -0.25) is 4.90 Å². The summed E-state index contributed by atoms with van der Waals surface area (Å²) in [4.78, 5) is 2.81. The van der Waals surface area contributed by atoms with E-state index in [0.717, 1.165) is 23.9 Å². The van der Waals surface area contributed by atoms with Gasteiger partial charge in [0.05, 0.1) is 0 Å². The molecule has 0 aromatic rings. The predicted octanol–water partition coefficient (Wildman–Crippen LogP) is 1.86. The highest BCUT2D eigenvalue weighted by molar-refractivity contribution is 4.98. The highest BCUT2D eigenvalue weighted by atomic mass is 15.2. The normalized spacial score (nSPS) is 34.4. The molecule has 0 aromatic heterocycles. The Morgan fingerprint density at radius 1 is 1.00 bits per heavy atom. The molecular formula is C13H24N2. The van der Waals surface area contributed by atoms with Crippen LogP contribution in [0.25, 0.3) is 0 Å². The summed E-state index contributed by atoms with van der Waals surface area (Å²) in [6.07, 6.45) is 7.40. The van der Waals surface area contributed by atoms with Crippen LogP contribution in [0.4, 0.5) is 0 Å². The summed E-state index contributed by atoms with van der Waals surface area (Å²) in [6, 6.07) is 1.70. The Morgan fingerprint density at radius 2 is 1.67 bits per heavy atom. The molecule has 0 amide bonds. The molecule has 1 unspecified atom stereocenters. The first-order valence-electron chi connectivity index (χ1n) is 6.82. The minimum absolute atomic E-state index is 0.731. The van der Waals surface area contributed by atoms with Crippen LogP contribution >= 0.6 is 0 Å². The third-order valence-electron chi connectivity index (χ3n) is 4.37. The molecule has 2 saturated carbocycles. The summed E-state index contributed by atoms with van der Waals surface area (Å²) in [5.74, 6) is 2.15. The van der Waals surface area contributed by atoms with Crippen molar-refractivity contribution in [3.63, 3.8) is 0 Å². The molecular weight excluding hydrogens is 184 g/mol. The smallest absolute Gasteiger partial charge is 0.0152 e. The maximum atomic E-state index is 3.61. The van der Waals surface area contributed by atoms with Crippen LogP contribution in [-0.4, -0.2) is 36.6 Å². The van der Waals surface area contributed by atoms with Crippen molar-refractivity contribution >= 4 is 0 Å². The Labute approximate surface area is 93.4 Å². The highest BCUT2D eigenvalue weighted by Crippen LogP contribution is 2.47. The molecule has 2 nitrogen and oxygen atoms in total. The molecule has 3 aliphatic rings. The first kappa shape index (κ1) is 10.1. The first-order valence-corrected chi connectivity index (χ1v) is 6.82. The van der Waals surface area contributed by atoms with Crippen LogP contribution in [0, 0.1) is 11.8 Å². The number of hydrogen-bond donors (Lipinski definition) is 1. The van der Waals surface area contributed by atoms with E-state index in [1.54, 1.807) is 0 Å². The lowest BCUT2D eigenvalue weighted by Gasteiger charge is -2.30. The minimum atomic E-state index is 0.731. The summed E-state index contributed by atoms with van der Waals surface area (Å²) >= 11 is 0. The fourth-order valence-corrected chi connectivity index (χ4v) is 3.18. The fourth-order valence-electron chi connectivity index (χ4n) is 3.18. The van der Waals surface area contributed by atoms with Gasteiger partial charge in [-0.25, -0.2) is 0 Å². The van der Waals surface area contributed by atoms with E-state index >= 15 is 0 Å². The zero-order valence-corrected chi connectivity index (χ0v) is 9.91. The van der Waals surface area contributed by atoms with E-state index < -0.39 is 0 Å². The van der Waals surface area contributed by atoms with Crippen molar-refractivity contribution in [2.24, 2.45) is 11.8 Å². The summed E-state index contributed by atoms with van der Waals surface area (Å²) in [5.41, 5.74) is 0. The van der Waals surface area contributed by atoms with Crippen LogP contribution in [0.2, 0.25) is 0 Å². The molecule has 1 saturated heterocycles. The van der Waals surface area contributed by atoms with Gasteiger partial charge >= 0.3 is 0 Å². The van der Waals surface area contributed by atoms with Crippen molar-refractivity contribution < 1.29 is 0 Å². The Hall–Kier alpha value is -0.0800. The summed E-state index contributed by atoms with van der Waals surface area (Å²) in [5, 5.41) is 3.61. The average molecular weight is 208 g/mol. The van der Waals surface area contributed by atoms with Crippen LogP contribution in [0.15, 0.2) is 0 Å². The molecule has 0 radical (unpaired) electrons. The largest absolute Gasteiger partial charge is 0.313 e. The van der Waals surface area contributed by atoms with Gasteiger partial charge in [-0.2, -0.15) is 0 Å². The van der Waals surface area contributed by atoms with Gasteiger partial charge in [-0.1, -0.05) is 0 Å². The van der Waals surface area contributed by atoms with Crippen LogP contribution in [0.5, 0.6) is 0 Å². The van der Waals surface area contributed by atoms with E-state index in [1.807, 2.05) is 0 Å². The van der Waals surface area contributed by atoms with Gasteiger partial charge in [0.25, 0.3) is 0 Å². The van der Waals surface area contributed by atoms with Gasteiger partial charge in [0.1, 0.15) is 0 Å². The lowest BCUT2D eigenvalue weighted by Crippen LogP contribution is -2.40. The Kier molecular flexibility index (Phi) is 2.73. The number of nitrogens with zero attached hydrogens (tertiary/aromatic N) is 1. The van der Waals surface area contributed by atoms with Crippen LogP contribution in [0.1, 0.15) is 39.0 Å². The Morgan fingerprint density at radius 3 is 2.27 bits per heavy atom. The fraction of sp³-hybridized carbons (Fsp3) is 1.00. The minimum Gasteiger partial charge on any atom is -0.313 e. The van der Waals surface area contributed by atoms with Crippen molar-refractivity contribution in [2.75, 3.05) is 19.6 Å². The van der Waals surface area contributed by atoms with Gasteiger partial charge in [-0.05, 0) is 57.4 Å². The Bertz CT molecular complexity index is 209. The first-order chi connectivity index (χ1) is 7.34. The lowest BCUT2D eigenvalue weighted by molar-refractivity contribution is 0.166. The molecule has 86 valence electrons. The average Bonchev–Trinajstić information content (AvgIpc) is 3.01. The molecule has 15 heavy (non-hydrogen) atoms. The molecule has 2 heteroatoms. The van der Waals surface area contributed by atoms with E-state index in [-0.39, 0.29) is 0 Å². The van der Waals surface area contributed by atoms with Crippen molar-refractivity contribution in [3.8, 4) is 0 Å². The standard InChI is InChI=1S/C13H24N2/c1-10-6-8-15(9-7-14-10)13(11-2-3-11)12-4-5-12/h10-14H,2-9H2,1H3. The SMILES string of the molecule is CC1CCN(C(C2CC2)C2CC2)CCN1. The zero-order chi connectivity index (χ0) is 10.3. The van der Waals surface area contributed by atoms with E-state index in [1.165, 1.54) is 51.7 Å². The molecule has 0 spiro atoms. The topological polar surface area (TPSA) is 15.3 Å². The van der Waals surface area contributed by atoms with Gasteiger partial charge in [-0.15, -0.1) is 0 Å². The number of nitrogens with one attached hydrogen (secondary N) is 1. The maximum absolute atomic E-state index is 3.61. The predicted molar refractivity (Wildman–Crippen MR) is 62.9 cm³/mol. The van der Waals surface area contributed by atoms with E-state index in [2.05, 4.69) is 17.1 Å². The van der Waals surface area contributed by atoms with Gasteiger partial charge in [0, 0.05) is 25.2 Å².